The molecule has 22 heavy (non-hydrogen) atoms. The Balaban J connectivity index is 1.95. The monoisotopic (exact) mass is 347 g/mol. The molecule has 3 aromatic rings. The Labute approximate surface area is 141 Å². The van der Waals surface area contributed by atoms with Gasteiger partial charge >= 0.3 is 0 Å². The van der Waals surface area contributed by atoms with Gasteiger partial charge in [0.15, 0.2) is 0 Å². The molecule has 112 valence electrons. The molecule has 0 saturated carbocycles. The van der Waals surface area contributed by atoms with E-state index in [1.54, 1.807) is 11.7 Å². The van der Waals surface area contributed by atoms with Crippen LogP contribution in [0.2, 0.25) is 5.02 Å². The van der Waals surface area contributed by atoms with Gasteiger partial charge in [0.1, 0.15) is 0 Å². The summed E-state index contributed by atoms with van der Waals surface area (Å²) in [4.78, 5) is 5.09. The minimum absolute atomic E-state index is 0.166. The first-order valence-electron chi connectivity index (χ1n) is 6.79. The van der Waals surface area contributed by atoms with E-state index in [0.29, 0.717) is 10.8 Å². The second kappa shape index (κ2) is 7.18. The molecule has 0 aliphatic heterocycles. The summed E-state index contributed by atoms with van der Waals surface area (Å²) in [5.41, 5.74) is 3.83. The van der Waals surface area contributed by atoms with Gasteiger partial charge in [-0.2, -0.15) is 0 Å². The molecule has 0 aliphatic carbocycles. The summed E-state index contributed by atoms with van der Waals surface area (Å²) >= 11 is 7.51. The normalized spacial score (nSPS) is 13.7. The molecule has 3 rings (SSSR count). The fourth-order valence-corrected chi connectivity index (χ4v) is 4.87. The zero-order valence-electron chi connectivity index (χ0n) is 11.7. The van der Waals surface area contributed by atoms with Crippen molar-refractivity contribution in [3.05, 3.63) is 87.3 Å². The highest BCUT2D eigenvalue weighted by molar-refractivity contribution is 7.84. The lowest BCUT2D eigenvalue weighted by molar-refractivity contribution is 0.678. The number of halogens is 1. The van der Waals surface area contributed by atoms with Crippen LogP contribution in [0.5, 0.6) is 0 Å². The zero-order chi connectivity index (χ0) is 15.4. The van der Waals surface area contributed by atoms with Gasteiger partial charge in [-0.3, -0.25) is 9.19 Å². The molecule has 0 spiro atoms. The van der Waals surface area contributed by atoms with Crippen LogP contribution in [-0.2, 0) is 16.6 Å². The number of rotatable bonds is 5. The van der Waals surface area contributed by atoms with Crippen LogP contribution in [0, 0.1) is 0 Å². The molecule has 0 bridgehead atoms. The van der Waals surface area contributed by atoms with Gasteiger partial charge < -0.3 is 0 Å². The Bertz CT molecular complexity index is 742. The van der Waals surface area contributed by atoms with Gasteiger partial charge in [-0.05, 0) is 23.3 Å². The molecule has 0 aliphatic rings. The molecule has 2 aromatic carbocycles. The Hall–Kier alpha value is -1.49. The van der Waals surface area contributed by atoms with E-state index in [1.165, 1.54) is 11.3 Å². The van der Waals surface area contributed by atoms with Crippen molar-refractivity contribution in [3.63, 3.8) is 0 Å². The van der Waals surface area contributed by atoms with E-state index in [2.05, 4.69) is 4.98 Å². The van der Waals surface area contributed by atoms with Gasteiger partial charge in [0.2, 0.25) is 0 Å². The van der Waals surface area contributed by atoms with E-state index >= 15 is 0 Å². The third-order valence-electron chi connectivity index (χ3n) is 3.31. The Kier molecular flexibility index (Phi) is 5.03. The van der Waals surface area contributed by atoms with E-state index < -0.39 is 10.8 Å². The third kappa shape index (κ3) is 3.64. The van der Waals surface area contributed by atoms with Crippen molar-refractivity contribution in [1.82, 2.24) is 4.98 Å². The molecular formula is C17H14ClNOS2. The lowest BCUT2D eigenvalue weighted by atomic mass is 10.0. The van der Waals surface area contributed by atoms with Crippen molar-refractivity contribution >= 4 is 33.7 Å². The van der Waals surface area contributed by atoms with Crippen LogP contribution in [0.4, 0.5) is 0 Å². The van der Waals surface area contributed by atoms with Gasteiger partial charge in [0, 0.05) is 26.9 Å². The van der Waals surface area contributed by atoms with E-state index in [0.717, 1.165) is 16.0 Å². The molecule has 0 amide bonds. The van der Waals surface area contributed by atoms with Crippen LogP contribution < -0.4 is 0 Å². The number of nitrogens with zero attached hydrogens (tertiary/aromatic N) is 1. The highest BCUT2D eigenvalue weighted by Crippen LogP contribution is 2.31. The van der Waals surface area contributed by atoms with Gasteiger partial charge in [0.25, 0.3) is 0 Å². The van der Waals surface area contributed by atoms with Gasteiger partial charge in [0.05, 0.1) is 16.5 Å². The molecular weight excluding hydrogens is 334 g/mol. The SMILES string of the molecule is O=[S@](Cc1cncs1)[C@@H](c1ccccc1)c1ccc(Cl)cc1. The maximum atomic E-state index is 13.0. The summed E-state index contributed by atoms with van der Waals surface area (Å²) < 4.78 is 13.0. The maximum Gasteiger partial charge on any atom is 0.0850 e. The first kappa shape index (κ1) is 15.4. The zero-order valence-corrected chi connectivity index (χ0v) is 14.1. The van der Waals surface area contributed by atoms with Gasteiger partial charge in [-0.25, -0.2) is 0 Å². The predicted molar refractivity (Wildman–Crippen MR) is 93.7 cm³/mol. The van der Waals surface area contributed by atoms with Crippen molar-refractivity contribution in [1.29, 1.82) is 0 Å². The molecule has 0 N–H and O–H groups in total. The maximum absolute atomic E-state index is 13.0. The Morgan fingerprint density at radius 2 is 1.73 bits per heavy atom. The van der Waals surface area contributed by atoms with Crippen LogP contribution in [0.3, 0.4) is 0 Å². The van der Waals surface area contributed by atoms with Crippen LogP contribution in [-0.4, -0.2) is 9.19 Å². The van der Waals surface area contributed by atoms with Crippen molar-refractivity contribution in [2.45, 2.75) is 11.0 Å². The number of benzene rings is 2. The molecule has 1 aromatic heterocycles. The average molecular weight is 348 g/mol. The van der Waals surface area contributed by atoms with Gasteiger partial charge in [-0.1, -0.05) is 54.1 Å². The summed E-state index contributed by atoms with van der Waals surface area (Å²) in [5, 5.41) is 0.518. The lowest BCUT2D eigenvalue weighted by Gasteiger charge is -2.17. The molecule has 2 atom stereocenters. The molecule has 2 nitrogen and oxygen atoms in total. The minimum atomic E-state index is -1.07. The number of hydrogen-bond donors (Lipinski definition) is 0. The molecule has 0 fully saturated rings. The lowest BCUT2D eigenvalue weighted by Crippen LogP contribution is -2.10. The van der Waals surface area contributed by atoms with Crippen molar-refractivity contribution in [2.75, 3.05) is 0 Å². The second-order valence-corrected chi connectivity index (χ2v) is 7.76. The molecule has 1 heterocycles. The predicted octanol–water partition coefficient (Wildman–Crippen LogP) is 4.83. The summed E-state index contributed by atoms with van der Waals surface area (Å²) in [6.45, 7) is 0. The fraction of sp³-hybridized carbons (Fsp3) is 0.118. The average Bonchev–Trinajstić information content (AvgIpc) is 3.03. The summed E-state index contributed by atoms with van der Waals surface area (Å²) in [6.07, 6.45) is 1.78. The summed E-state index contributed by atoms with van der Waals surface area (Å²) in [7, 11) is -1.07. The largest absolute Gasteiger partial charge is 0.258 e. The smallest absolute Gasteiger partial charge is 0.0850 e. The highest BCUT2D eigenvalue weighted by Gasteiger charge is 2.21. The Morgan fingerprint density at radius 3 is 2.36 bits per heavy atom. The molecule has 0 unspecified atom stereocenters. The van der Waals surface area contributed by atoms with Crippen LogP contribution in [0.15, 0.2) is 66.3 Å². The standard InChI is InChI=1S/C17H14ClNOS2/c18-15-8-6-14(7-9-15)17(13-4-2-1-3-5-13)22(20)11-16-10-19-12-21-16/h1-10,12,17H,11H2/t17-,22+/m0/s1. The third-order valence-corrected chi connectivity index (χ3v) is 6.19. The number of aromatic nitrogens is 1. The number of hydrogen-bond acceptors (Lipinski definition) is 3. The second-order valence-electron chi connectivity index (χ2n) is 4.84. The van der Waals surface area contributed by atoms with E-state index in [4.69, 9.17) is 11.6 Å². The first-order valence-corrected chi connectivity index (χ1v) is 9.43. The fourth-order valence-electron chi connectivity index (χ4n) is 2.30. The van der Waals surface area contributed by atoms with E-state index in [9.17, 15) is 4.21 Å². The minimum Gasteiger partial charge on any atom is -0.258 e. The van der Waals surface area contributed by atoms with Crippen LogP contribution in [0.25, 0.3) is 0 Å². The highest BCUT2D eigenvalue weighted by atomic mass is 35.5. The number of thiazole rings is 1. The van der Waals surface area contributed by atoms with Gasteiger partial charge in [-0.15, -0.1) is 11.3 Å². The first-order chi connectivity index (χ1) is 10.7. The quantitative estimate of drug-likeness (QED) is 0.661. The van der Waals surface area contributed by atoms with E-state index in [1.807, 2.05) is 54.6 Å². The Morgan fingerprint density at radius 1 is 1.05 bits per heavy atom. The molecule has 0 saturated heterocycles. The van der Waals surface area contributed by atoms with Crippen molar-refractivity contribution < 1.29 is 4.21 Å². The van der Waals surface area contributed by atoms with Crippen LogP contribution >= 0.6 is 22.9 Å². The topological polar surface area (TPSA) is 30.0 Å². The van der Waals surface area contributed by atoms with Crippen molar-refractivity contribution in [3.8, 4) is 0 Å². The summed E-state index contributed by atoms with van der Waals surface area (Å²) in [6, 6.07) is 17.5. The van der Waals surface area contributed by atoms with Crippen LogP contribution in [0.1, 0.15) is 21.3 Å². The molecule has 0 radical (unpaired) electrons. The van der Waals surface area contributed by atoms with Crippen molar-refractivity contribution in [2.24, 2.45) is 0 Å². The van der Waals surface area contributed by atoms with E-state index in [-0.39, 0.29) is 5.25 Å². The summed E-state index contributed by atoms with van der Waals surface area (Å²) in [5.74, 6) is 0.507. The molecule has 5 heteroatoms.